The van der Waals surface area contributed by atoms with Crippen LogP contribution in [0, 0.1) is 23.3 Å². The van der Waals surface area contributed by atoms with Crippen LogP contribution in [0.3, 0.4) is 0 Å². The zero-order chi connectivity index (χ0) is 50.5. The van der Waals surface area contributed by atoms with E-state index < -0.39 is 60.7 Å². The summed E-state index contributed by atoms with van der Waals surface area (Å²) in [6.45, 7) is -0.454. The minimum absolute atomic E-state index is 0. The first kappa shape index (κ1) is 53.2. The van der Waals surface area contributed by atoms with Crippen LogP contribution in [0.2, 0.25) is 0 Å². The molecule has 0 spiro atoms. The molecule has 4 aromatic carbocycles. The molecule has 8 aromatic rings. The molecule has 4 aromatic heterocycles. The average molecular weight is 1040 g/mol. The van der Waals surface area contributed by atoms with Crippen molar-refractivity contribution in [2.45, 2.75) is 66.5 Å². The molecule has 0 fully saturated rings. The van der Waals surface area contributed by atoms with Gasteiger partial charge in [-0.05, 0) is 134 Å². The lowest BCUT2D eigenvalue weighted by Gasteiger charge is -2.14. The number of carbonyl (C=O) groups excluding carboxylic acids is 2. The lowest BCUT2D eigenvalue weighted by molar-refractivity contribution is 0.0965. The molecule has 3 N–H and O–H groups in total. The van der Waals surface area contributed by atoms with Gasteiger partial charge < -0.3 is 18.9 Å². The molecule has 4 heterocycles. The molecule has 0 atom stereocenters. The normalized spacial score (nSPS) is 12.8. The molecule has 0 unspecified atom stereocenters. The summed E-state index contributed by atoms with van der Waals surface area (Å²) < 4.78 is 118. The number of hydrogen-bond donors (Lipinski definition) is 3. The minimum Gasteiger partial charge on any atom is -0.481 e. The fraction of sp³-hybridized carbons (Fsp3) is 0.245. The highest BCUT2D eigenvalue weighted by Gasteiger charge is 2.33. The standard InChI is InChI=1S/C26H23F2N3O4S.C25H21F2N3O4S.2CH4/c1-35-26-19(7-4-12-29-26)23-22-18-6-3-5-15(18)8-11-21(22)31(24(23)25(32)30-36(2,33)34)14-16-13-17(27)9-10-20(16)28;1-35(33,34)29-25(32)23-22(18-6-3-11-28-24(18)31)21-17-5-2-4-14(17)7-10-20(21)30(23)13-15-12-16(26)8-9-19(15)27;;/h4,7-13H,3,5-6,14H2,1-2H3,(H,30,32);3,6-12H,2,4-5,13H2,1H3,(H,28,31)(H,29,32);2*1H4. The van der Waals surface area contributed by atoms with Crippen molar-refractivity contribution in [1.29, 1.82) is 0 Å². The summed E-state index contributed by atoms with van der Waals surface area (Å²) in [4.78, 5) is 46.7. The highest BCUT2D eigenvalue weighted by Crippen LogP contribution is 2.44. The number of fused-ring (bicyclic) bond motifs is 6. The zero-order valence-electron chi connectivity index (χ0n) is 38.3. The third kappa shape index (κ3) is 10.5. The third-order valence-electron chi connectivity index (χ3n) is 12.6. The number of pyridine rings is 2. The number of rotatable bonds is 11. The molecule has 20 heteroatoms. The fourth-order valence-electron chi connectivity index (χ4n) is 9.85. The molecule has 0 saturated heterocycles. The van der Waals surface area contributed by atoms with Gasteiger partial charge in [-0.25, -0.2) is 48.8 Å². The number of ether oxygens (including phenoxy) is 1. The summed E-state index contributed by atoms with van der Waals surface area (Å²) in [5, 5.41) is 1.37. The van der Waals surface area contributed by atoms with Gasteiger partial charge in [0.15, 0.2) is 0 Å². The summed E-state index contributed by atoms with van der Waals surface area (Å²) in [6, 6.07) is 20.2. The summed E-state index contributed by atoms with van der Waals surface area (Å²) in [6.07, 6.45) is 9.68. The van der Waals surface area contributed by atoms with E-state index in [1.54, 1.807) is 36.5 Å². The molecule has 0 saturated carbocycles. The van der Waals surface area contributed by atoms with E-state index in [1.165, 1.54) is 22.4 Å². The van der Waals surface area contributed by atoms with Crippen molar-refractivity contribution in [3.05, 3.63) is 176 Å². The minimum atomic E-state index is -3.97. The van der Waals surface area contributed by atoms with E-state index >= 15 is 0 Å². The van der Waals surface area contributed by atoms with E-state index in [0.717, 1.165) is 109 Å². The van der Waals surface area contributed by atoms with Gasteiger partial charge >= 0.3 is 0 Å². The number of sulfonamides is 2. The van der Waals surface area contributed by atoms with Gasteiger partial charge in [0, 0.05) is 67.6 Å². The number of hydrogen-bond acceptors (Lipinski definition) is 9. The first-order valence-electron chi connectivity index (χ1n) is 22.2. The number of aromatic nitrogens is 4. The smallest absolute Gasteiger partial charge is 0.282 e. The molecule has 2 aliphatic carbocycles. The van der Waals surface area contributed by atoms with Gasteiger partial charge in [-0.1, -0.05) is 27.0 Å². The number of nitrogens with one attached hydrogen (secondary N) is 3. The summed E-state index contributed by atoms with van der Waals surface area (Å²) in [5.41, 5.74) is 6.05. The van der Waals surface area contributed by atoms with E-state index in [-0.39, 0.29) is 67.5 Å². The van der Waals surface area contributed by atoms with Crippen molar-refractivity contribution in [3.63, 3.8) is 0 Å². The van der Waals surface area contributed by atoms with Crippen LogP contribution in [-0.2, 0) is 58.8 Å². The first-order valence-corrected chi connectivity index (χ1v) is 26.0. The monoisotopic (exact) mass is 1040 g/mol. The number of halogens is 4. The van der Waals surface area contributed by atoms with Gasteiger partial charge in [-0.15, -0.1) is 0 Å². The van der Waals surface area contributed by atoms with E-state index in [0.29, 0.717) is 34.0 Å². The number of carbonyl (C=O) groups is 2. The van der Waals surface area contributed by atoms with Crippen molar-refractivity contribution in [2.75, 3.05) is 19.6 Å². The van der Waals surface area contributed by atoms with Crippen LogP contribution in [0.1, 0.15) is 82.1 Å². The Hall–Kier alpha value is -7.58. The number of aryl methyl sites for hydroxylation is 4. The van der Waals surface area contributed by atoms with Crippen LogP contribution in [-0.4, -0.2) is 67.4 Å². The van der Waals surface area contributed by atoms with Crippen molar-refractivity contribution < 1.29 is 48.7 Å². The SMILES string of the molecule is C.C.COc1ncccc1-c1c(C(=O)NS(C)(=O)=O)n(Cc2cc(F)ccc2F)c2ccc3c(c12)CCC3.CS(=O)(=O)NC(=O)c1c(-c2ccc[nH]c2=O)c2c3c(ccc2n1Cc1cc(F)ccc1F)CCC3. The molecular formula is C53H52F4N6O8S2. The molecular weight excluding hydrogens is 989 g/mol. The number of methoxy groups -OCH3 is 1. The lowest BCUT2D eigenvalue weighted by Crippen LogP contribution is -2.32. The maximum Gasteiger partial charge on any atom is 0.282 e. The van der Waals surface area contributed by atoms with E-state index in [1.807, 2.05) is 27.6 Å². The Labute approximate surface area is 419 Å². The van der Waals surface area contributed by atoms with Gasteiger partial charge in [-0.2, -0.15) is 0 Å². The summed E-state index contributed by atoms with van der Waals surface area (Å²) in [5.74, 6) is -4.21. The topological polar surface area (TPSA) is 191 Å². The Bertz CT molecular complexity index is 3800. The van der Waals surface area contributed by atoms with Gasteiger partial charge in [0.05, 0.1) is 32.7 Å². The van der Waals surface area contributed by atoms with Crippen LogP contribution in [0.4, 0.5) is 17.6 Å². The predicted octanol–water partition coefficient (Wildman–Crippen LogP) is 8.99. The van der Waals surface area contributed by atoms with Crippen LogP contribution in [0.5, 0.6) is 5.88 Å². The Morgan fingerprint density at radius 1 is 0.658 bits per heavy atom. The van der Waals surface area contributed by atoms with Crippen LogP contribution < -0.4 is 19.7 Å². The Balaban J connectivity index is 0.000000208. The molecule has 382 valence electrons. The van der Waals surface area contributed by atoms with Gasteiger partial charge in [-0.3, -0.25) is 14.4 Å². The van der Waals surface area contributed by atoms with Crippen molar-refractivity contribution in [3.8, 4) is 28.1 Å². The second-order valence-electron chi connectivity index (χ2n) is 17.4. The number of aromatic amines is 1. The highest BCUT2D eigenvalue weighted by molar-refractivity contribution is 7.89. The second-order valence-corrected chi connectivity index (χ2v) is 20.9. The fourth-order valence-corrected chi connectivity index (χ4v) is 10.7. The number of H-pyrrole nitrogens is 1. The second kappa shape index (κ2) is 20.9. The quantitative estimate of drug-likeness (QED) is 0.106. The van der Waals surface area contributed by atoms with Crippen molar-refractivity contribution in [1.82, 2.24) is 28.5 Å². The summed E-state index contributed by atoms with van der Waals surface area (Å²) in [7, 11) is -6.45. The Morgan fingerprint density at radius 3 is 1.58 bits per heavy atom. The van der Waals surface area contributed by atoms with Crippen LogP contribution >= 0.6 is 0 Å². The highest BCUT2D eigenvalue weighted by atomic mass is 32.2. The lowest BCUT2D eigenvalue weighted by atomic mass is 9.97. The predicted molar refractivity (Wildman–Crippen MR) is 273 cm³/mol. The number of amides is 2. The molecule has 2 amide bonds. The van der Waals surface area contributed by atoms with Crippen molar-refractivity contribution >= 4 is 53.7 Å². The largest absolute Gasteiger partial charge is 0.481 e. The zero-order valence-corrected chi connectivity index (χ0v) is 40.0. The van der Waals surface area contributed by atoms with Crippen LogP contribution in [0.25, 0.3) is 44.1 Å². The maximum absolute atomic E-state index is 14.7. The molecule has 14 nitrogen and oxygen atoms in total. The number of benzene rings is 4. The molecule has 0 radical (unpaired) electrons. The molecule has 0 aliphatic heterocycles. The Morgan fingerprint density at radius 2 is 1.12 bits per heavy atom. The third-order valence-corrected chi connectivity index (χ3v) is 13.7. The molecule has 0 bridgehead atoms. The van der Waals surface area contributed by atoms with Crippen LogP contribution in [0.15, 0.2) is 102 Å². The van der Waals surface area contributed by atoms with E-state index in [9.17, 15) is 48.8 Å². The maximum atomic E-state index is 14.7. The Kier molecular flexibility index (Phi) is 15.2. The number of nitrogens with zero attached hydrogens (tertiary/aromatic N) is 3. The molecule has 2 aliphatic rings. The van der Waals surface area contributed by atoms with Gasteiger partial charge in [0.1, 0.15) is 34.7 Å². The van der Waals surface area contributed by atoms with Gasteiger partial charge in [0.25, 0.3) is 17.4 Å². The van der Waals surface area contributed by atoms with E-state index in [2.05, 4.69) is 9.97 Å². The van der Waals surface area contributed by atoms with Crippen molar-refractivity contribution in [2.24, 2.45) is 0 Å². The molecule has 10 rings (SSSR count). The van der Waals surface area contributed by atoms with E-state index in [4.69, 9.17) is 4.74 Å². The first-order chi connectivity index (χ1) is 33.8. The summed E-state index contributed by atoms with van der Waals surface area (Å²) >= 11 is 0. The molecule has 73 heavy (non-hydrogen) atoms. The average Bonchev–Trinajstić information content (AvgIpc) is 4.12. The van der Waals surface area contributed by atoms with Gasteiger partial charge in [0.2, 0.25) is 25.9 Å².